The van der Waals surface area contributed by atoms with Gasteiger partial charge in [-0.1, -0.05) is 12.1 Å². The lowest BCUT2D eigenvalue weighted by molar-refractivity contribution is -0.135. The van der Waals surface area contributed by atoms with Crippen LogP contribution < -0.4 is 0 Å². The molecule has 1 saturated carbocycles. The maximum atomic E-state index is 13.9. The van der Waals surface area contributed by atoms with E-state index < -0.39 is 11.6 Å². The van der Waals surface area contributed by atoms with Gasteiger partial charge in [0, 0.05) is 44.2 Å². The van der Waals surface area contributed by atoms with Gasteiger partial charge in [-0.05, 0) is 50.8 Å². The molecule has 1 spiro atoms. The number of hydrogen-bond donors (Lipinski definition) is 0. The van der Waals surface area contributed by atoms with Gasteiger partial charge in [0.25, 0.3) is 0 Å². The molecule has 2 amide bonds. The van der Waals surface area contributed by atoms with Gasteiger partial charge in [-0.2, -0.15) is 0 Å². The van der Waals surface area contributed by atoms with Crippen LogP contribution >= 0.6 is 0 Å². The summed E-state index contributed by atoms with van der Waals surface area (Å²) in [5.41, 5.74) is 0.445. The Labute approximate surface area is 175 Å². The number of piperidine rings is 1. The Morgan fingerprint density at radius 1 is 1.07 bits per heavy atom. The second-order valence-corrected chi connectivity index (χ2v) is 8.62. The molecule has 0 unspecified atom stereocenters. The normalized spacial score (nSPS) is 23.5. The van der Waals surface area contributed by atoms with E-state index in [0.29, 0.717) is 44.9 Å². The number of rotatable bonds is 4. The molecule has 1 atom stereocenters. The molecule has 1 aliphatic carbocycles. The third kappa shape index (κ3) is 4.15. The molecule has 2 saturated heterocycles. The maximum absolute atomic E-state index is 13.9. The molecule has 1 aromatic carbocycles. The SMILES string of the molecule is CCOC(=O)N1CCN(C(=O)[C@@H]2CC23CCN(Cc2cccc(F)c2F)CC3)CC1. The Kier molecular flexibility index (Phi) is 5.95. The number of ether oxygens (including phenoxy) is 1. The standard InChI is InChI=1S/C22H29F2N3O3/c1-2-30-21(29)27-12-10-26(11-13-27)20(28)17-14-22(17)6-8-25(9-7-22)15-16-4-3-5-18(23)19(16)24/h3-5,17H,2,6-15H2,1H3/t17-/m0/s1. The van der Waals surface area contributed by atoms with Gasteiger partial charge in [0.05, 0.1) is 6.61 Å². The monoisotopic (exact) mass is 421 g/mol. The van der Waals surface area contributed by atoms with Crippen molar-refractivity contribution in [2.75, 3.05) is 45.9 Å². The topological polar surface area (TPSA) is 53.1 Å². The molecule has 1 aromatic rings. The first-order valence-corrected chi connectivity index (χ1v) is 10.8. The average Bonchev–Trinajstić information content (AvgIpc) is 3.46. The van der Waals surface area contributed by atoms with Crippen molar-refractivity contribution in [2.45, 2.75) is 32.7 Å². The Balaban J connectivity index is 1.25. The second kappa shape index (κ2) is 8.49. The van der Waals surface area contributed by atoms with Crippen LogP contribution in [0.3, 0.4) is 0 Å². The van der Waals surface area contributed by atoms with Crippen LogP contribution in [0.4, 0.5) is 13.6 Å². The molecule has 3 aliphatic rings. The number of carbonyl (C=O) groups excluding carboxylic acids is 2. The number of likely N-dealkylation sites (tertiary alicyclic amines) is 1. The van der Waals surface area contributed by atoms with Gasteiger partial charge in [0.1, 0.15) is 0 Å². The van der Waals surface area contributed by atoms with Gasteiger partial charge in [-0.3, -0.25) is 9.69 Å². The summed E-state index contributed by atoms with van der Waals surface area (Å²) >= 11 is 0. The summed E-state index contributed by atoms with van der Waals surface area (Å²) in [6, 6.07) is 4.30. The summed E-state index contributed by atoms with van der Waals surface area (Å²) in [6.07, 6.45) is 2.41. The molecule has 6 nitrogen and oxygen atoms in total. The third-order valence-electron chi connectivity index (χ3n) is 6.88. The minimum absolute atomic E-state index is 0.0553. The Morgan fingerprint density at radius 2 is 1.73 bits per heavy atom. The van der Waals surface area contributed by atoms with Crippen LogP contribution in [0, 0.1) is 23.0 Å². The van der Waals surface area contributed by atoms with Crippen LogP contribution in [-0.2, 0) is 16.1 Å². The Bertz CT molecular complexity index is 803. The summed E-state index contributed by atoms with van der Waals surface area (Å²) in [5.74, 6) is -1.32. The molecular weight excluding hydrogens is 392 g/mol. The van der Waals surface area contributed by atoms with E-state index in [1.54, 1.807) is 17.9 Å². The molecular formula is C22H29F2N3O3. The fourth-order valence-corrected chi connectivity index (χ4v) is 4.86. The highest BCUT2D eigenvalue weighted by Gasteiger charge is 2.59. The second-order valence-electron chi connectivity index (χ2n) is 8.62. The van der Waals surface area contributed by atoms with Crippen molar-refractivity contribution in [1.29, 1.82) is 0 Å². The molecule has 4 rings (SSSR count). The first-order valence-electron chi connectivity index (χ1n) is 10.8. The Morgan fingerprint density at radius 3 is 2.40 bits per heavy atom. The molecule has 8 heteroatoms. The van der Waals surface area contributed by atoms with Crippen LogP contribution in [0.1, 0.15) is 31.7 Å². The predicted octanol–water partition coefficient (Wildman–Crippen LogP) is 2.87. The number of amides is 2. The van der Waals surface area contributed by atoms with Crippen LogP contribution in [0.15, 0.2) is 18.2 Å². The van der Waals surface area contributed by atoms with Crippen molar-refractivity contribution < 1.29 is 23.1 Å². The van der Waals surface area contributed by atoms with Crippen molar-refractivity contribution in [1.82, 2.24) is 14.7 Å². The van der Waals surface area contributed by atoms with Crippen LogP contribution in [0.5, 0.6) is 0 Å². The number of nitrogens with zero attached hydrogens (tertiary/aromatic N) is 3. The smallest absolute Gasteiger partial charge is 0.409 e. The molecule has 0 aromatic heterocycles. The largest absolute Gasteiger partial charge is 0.450 e. The highest BCUT2D eigenvalue weighted by molar-refractivity contribution is 5.83. The average molecular weight is 421 g/mol. The first kappa shape index (κ1) is 21.0. The first-order chi connectivity index (χ1) is 14.4. The predicted molar refractivity (Wildman–Crippen MR) is 107 cm³/mol. The molecule has 2 heterocycles. The summed E-state index contributed by atoms with van der Waals surface area (Å²) in [7, 11) is 0. The summed E-state index contributed by atoms with van der Waals surface area (Å²) in [5, 5.41) is 0. The van der Waals surface area contributed by atoms with E-state index in [1.807, 2.05) is 4.90 Å². The fraction of sp³-hybridized carbons (Fsp3) is 0.636. The summed E-state index contributed by atoms with van der Waals surface area (Å²) < 4.78 is 32.4. The number of halogens is 2. The van der Waals surface area contributed by atoms with Crippen molar-refractivity contribution in [3.8, 4) is 0 Å². The molecule has 0 radical (unpaired) electrons. The lowest BCUT2D eigenvalue weighted by atomic mass is 9.90. The van der Waals surface area contributed by atoms with Crippen molar-refractivity contribution >= 4 is 12.0 Å². The fourth-order valence-electron chi connectivity index (χ4n) is 4.86. The van der Waals surface area contributed by atoms with Crippen molar-refractivity contribution in [3.05, 3.63) is 35.4 Å². The highest BCUT2D eigenvalue weighted by atomic mass is 19.2. The molecule has 0 N–H and O–H groups in total. The van der Waals surface area contributed by atoms with Crippen molar-refractivity contribution in [3.63, 3.8) is 0 Å². The van der Waals surface area contributed by atoms with Gasteiger partial charge in [0.15, 0.2) is 11.6 Å². The maximum Gasteiger partial charge on any atom is 0.409 e. The number of benzene rings is 1. The van der Waals surface area contributed by atoms with E-state index in [9.17, 15) is 18.4 Å². The minimum atomic E-state index is -0.808. The zero-order valence-electron chi connectivity index (χ0n) is 17.4. The Hall–Kier alpha value is -2.22. The lowest BCUT2D eigenvalue weighted by Crippen LogP contribution is -2.51. The molecule has 2 aliphatic heterocycles. The van der Waals surface area contributed by atoms with E-state index in [-0.39, 0.29) is 23.3 Å². The van der Waals surface area contributed by atoms with Gasteiger partial charge in [-0.15, -0.1) is 0 Å². The van der Waals surface area contributed by atoms with Gasteiger partial charge < -0.3 is 14.5 Å². The lowest BCUT2D eigenvalue weighted by Gasteiger charge is -2.36. The molecule has 3 fully saturated rings. The molecule has 164 valence electrons. The van der Waals surface area contributed by atoms with Gasteiger partial charge in [-0.25, -0.2) is 13.6 Å². The molecule has 0 bridgehead atoms. The van der Waals surface area contributed by atoms with E-state index in [1.165, 1.54) is 6.07 Å². The van der Waals surface area contributed by atoms with E-state index in [2.05, 4.69) is 4.90 Å². The minimum Gasteiger partial charge on any atom is -0.450 e. The highest BCUT2D eigenvalue weighted by Crippen LogP contribution is 2.60. The van der Waals surface area contributed by atoms with Crippen LogP contribution in [0.25, 0.3) is 0 Å². The number of hydrogen-bond acceptors (Lipinski definition) is 4. The zero-order valence-corrected chi connectivity index (χ0v) is 17.4. The van der Waals surface area contributed by atoms with Gasteiger partial charge in [0.2, 0.25) is 5.91 Å². The third-order valence-corrected chi connectivity index (χ3v) is 6.88. The summed E-state index contributed by atoms with van der Waals surface area (Å²) in [6.45, 7) is 6.23. The zero-order chi connectivity index (χ0) is 21.3. The number of piperazine rings is 1. The van der Waals surface area contributed by atoms with Crippen molar-refractivity contribution in [2.24, 2.45) is 11.3 Å². The number of carbonyl (C=O) groups is 2. The quantitative estimate of drug-likeness (QED) is 0.750. The van der Waals surface area contributed by atoms with E-state index in [4.69, 9.17) is 4.74 Å². The van der Waals surface area contributed by atoms with Crippen LogP contribution in [0.2, 0.25) is 0 Å². The van der Waals surface area contributed by atoms with Crippen LogP contribution in [-0.4, -0.2) is 72.6 Å². The van der Waals surface area contributed by atoms with Gasteiger partial charge >= 0.3 is 6.09 Å². The van der Waals surface area contributed by atoms with E-state index >= 15 is 0 Å². The molecule has 30 heavy (non-hydrogen) atoms. The van der Waals surface area contributed by atoms with E-state index in [0.717, 1.165) is 38.4 Å². The summed E-state index contributed by atoms with van der Waals surface area (Å²) in [4.78, 5) is 30.5.